The van der Waals surface area contributed by atoms with Crippen LogP contribution in [0.15, 0.2) is 0 Å². The van der Waals surface area contributed by atoms with Gasteiger partial charge in [0.05, 0.1) is 12.7 Å². The summed E-state index contributed by atoms with van der Waals surface area (Å²) in [5, 5.41) is 3.21. The van der Waals surface area contributed by atoms with Gasteiger partial charge in [-0.25, -0.2) is 0 Å². The molecule has 2 rings (SSSR count). The lowest BCUT2D eigenvalue weighted by molar-refractivity contribution is 0.00280. The van der Waals surface area contributed by atoms with Crippen LogP contribution in [0.3, 0.4) is 0 Å². The van der Waals surface area contributed by atoms with Gasteiger partial charge in [-0.15, -0.1) is 0 Å². The molecule has 4 nitrogen and oxygen atoms in total. The first-order chi connectivity index (χ1) is 6.84. The predicted octanol–water partition coefficient (Wildman–Crippen LogP) is -0.778. The minimum Gasteiger partial charge on any atom is -0.374 e. The summed E-state index contributed by atoms with van der Waals surface area (Å²) in [5.74, 6) is 0. The molecule has 2 aliphatic heterocycles. The Hall–Kier alpha value is -0.160. The minimum absolute atomic E-state index is 0.488. The number of ether oxygens (including phenoxy) is 1. The van der Waals surface area contributed by atoms with E-state index in [1.165, 1.54) is 26.2 Å². The number of hydrogen-bond acceptors (Lipinski definition) is 4. The van der Waals surface area contributed by atoms with Crippen LogP contribution in [0.25, 0.3) is 0 Å². The summed E-state index contributed by atoms with van der Waals surface area (Å²) in [6.45, 7) is 8.88. The SMILES string of the molecule is CN1CCN(CCOC2CNC2)CC1. The third-order valence-corrected chi connectivity index (χ3v) is 3.10. The summed E-state index contributed by atoms with van der Waals surface area (Å²) >= 11 is 0. The third-order valence-electron chi connectivity index (χ3n) is 3.10. The van der Waals surface area contributed by atoms with Crippen molar-refractivity contribution < 1.29 is 4.74 Å². The molecule has 0 aromatic carbocycles. The van der Waals surface area contributed by atoms with Gasteiger partial charge in [0.25, 0.3) is 0 Å². The van der Waals surface area contributed by atoms with E-state index in [1.54, 1.807) is 0 Å². The second kappa shape index (κ2) is 5.07. The average molecular weight is 199 g/mol. The van der Waals surface area contributed by atoms with E-state index in [0.29, 0.717) is 6.10 Å². The van der Waals surface area contributed by atoms with Crippen LogP contribution in [0.2, 0.25) is 0 Å². The summed E-state index contributed by atoms with van der Waals surface area (Å²) < 4.78 is 5.69. The fourth-order valence-electron chi connectivity index (χ4n) is 1.80. The highest BCUT2D eigenvalue weighted by atomic mass is 16.5. The van der Waals surface area contributed by atoms with Crippen molar-refractivity contribution in [2.24, 2.45) is 0 Å². The molecule has 0 amide bonds. The molecular formula is C10H21N3O. The Morgan fingerprint density at radius 3 is 2.50 bits per heavy atom. The van der Waals surface area contributed by atoms with Crippen molar-refractivity contribution in [3.8, 4) is 0 Å². The smallest absolute Gasteiger partial charge is 0.0824 e. The van der Waals surface area contributed by atoms with Crippen LogP contribution < -0.4 is 5.32 Å². The summed E-state index contributed by atoms with van der Waals surface area (Å²) in [6.07, 6.45) is 0.488. The number of likely N-dealkylation sites (N-methyl/N-ethyl adjacent to an activating group) is 1. The summed E-state index contributed by atoms with van der Waals surface area (Å²) in [6, 6.07) is 0. The average Bonchev–Trinajstić information content (AvgIpc) is 2.12. The highest BCUT2D eigenvalue weighted by molar-refractivity contribution is 4.75. The zero-order valence-electron chi connectivity index (χ0n) is 9.04. The highest BCUT2D eigenvalue weighted by Crippen LogP contribution is 2.01. The maximum atomic E-state index is 5.69. The molecule has 2 fully saturated rings. The molecule has 2 heterocycles. The van der Waals surface area contributed by atoms with Gasteiger partial charge in [0.1, 0.15) is 0 Å². The molecule has 0 radical (unpaired) electrons. The van der Waals surface area contributed by atoms with E-state index in [0.717, 1.165) is 26.2 Å². The lowest BCUT2D eigenvalue weighted by atomic mass is 10.2. The van der Waals surface area contributed by atoms with Gasteiger partial charge in [-0.3, -0.25) is 4.90 Å². The molecule has 0 aliphatic carbocycles. The molecule has 0 unspecified atom stereocenters. The van der Waals surface area contributed by atoms with Crippen LogP contribution in [0.1, 0.15) is 0 Å². The van der Waals surface area contributed by atoms with Crippen molar-refractivity contribution in [2.45, 2.75) is 6.10 Å². The van der Waals surface area contributed by atoms with Gasteiger partial charge in [0.2, 0.25) is 0 Å². The van der Waals surface area contributed by atoms with Crippen molar-refractivity contribution in [3.05, 3.63) is 0 Å². The van der Waals surface area contributed by atoms with Gasteiger partial charge in [0.15, 0.2) is 0 Å². The first-order valence-electron chi connectivity index (χ1n) is 5.58. The Morgan fingerprint density at radius 1 is 1.21 bits per heavy atom. The Labute approximate surface area is 86.2 Å². The van der Waals surface area contributed by atoms with Gasteiger partial charge in [0, 0.05) is 45.8 Å². The van der Waals surface area contributed by atoms with Crippen LogP contribution in [0.4, 0.5) is 0 Å². The molecule has 0 bridgehead atoms. The second-order valence-electron chi connectivity index (χ2n) is 4.30. The van der Waals surface area contributed by atoms with Crippen LogP contribution in [0.5, 0.6) is 0 Å². The summed E-state index contributed by atoms with van der Waals surface area (Å²) in [7, 11) is 2.19. The Balaban J connectivity index is 1.52. The molecule has 1 N–H and O–H groups in total. The Kier molecular flexibility index (Phi) is 3.75. The van der Waals surface area contributed by atoms with Crippen LogP contribution in [0, 0.1) is 0 Å². The number of nitrogens with one attached hydrogen (secondary N) is 1. The van der Waals surface area contributed by atoms with Gasteiger partial charge >= 0.3 is 0 Å². The van der Waals surface area contributed by atoms with Crippen molar-refractivity contribution >= 4 is 0 Å². The van der Waals surface area contributed by atoms with Crippen LogP contribution >= 0.6 is 0 Å². The van der Waals surface area contributed by atoms with E-state index in [1.807, 2.05) is 0 Å². The third kappa shape index (κ3) is 2.92. The van der Waals surface area contributed by atoms with Crippen molar-refractivity contribution in [3.63, 3.8) is 0 Å². The van der Waals surface area contributed by atoms with Gasteiger partial charge in [-0.2, -0.15) is 0 Å². The van der Waals surface area contributed by atoms with E-state index < -0.39 is 0 Å². The molecule has 82 valence electrons. The zero-order valence-corrected chi connectivity index (χ0v) is 9.04. The zero-order chi connectivity index (χ0) is 9.80. The first kappa shape index (κ1) is 10.4. The normalized spacial score (nSPS) is 26.4. The fourth-order valence-corrected chi connectivity index (χ4v) is 1.80. The summed E-state index contributed by atoms with van der Waals surface area (Å²) in [5.41, 5.74) is 0. The molecule has 2 aliphatic rings. The standard InChI is InChI=1S/C10H21N3O/c1-12-2-4-13(5-3-12)6-7-14-10-8-11-9-10/h10-11H,2-9H2,1H3. The van der Waals surface area contributed by atoms with Gasteiger partial charge < -0.3 is 15.0 Å². The Morgan fingerprint density at radius 2 is 1.93 bits per heavy atom. The highest BCUT2D eigenvalue weighted by Gasteiger charge is 2.18. The maximum absolute atomic E-state index is 5.69. The van der Waals surface area contributed by atoms with E-state index in [9.17, 15) is 0 Å². The van der Waals surface area contributed by atoms with E-state index in [-0.39, 0.29) is 0 Å². The maximum Gasteiger partial charge on any atom is 0.0824 e. The van der Waals surface area contributed by atoms with E-state index >= 15 is 0 Å². The van der Waals surface area contributed by atoms with Crippen LogP contribution in [-0.2, 0) is 4.74 Å². The number of nitrogens with zero attached hydrogens (tertiary/aromatic N) is 2. The van der Waals surface area contributed by atoms with Crippen molar-refractivity contribution in [2.75, 3.05) is 59.5 Å². The van der Waals surface area contributed by atoms with Gasteiger partial charge in [-0.1, -0.05) is 0 Å². The molecule has 0 saturated carbocycles. The largest absolute Gasteiger partial charge is 0.374 e. The number of rotatable bonds is 4. The van der Waals surface area contributed by atoms with E-state index in [4.69, 9.17) is 4.74 Å². The second-order valence-corrected chi connectivity index (χ2v) is 4.30. The predicted molar refractivity (Wildman–Crippen MR) is 56.5 cm³/mol. The monoisotopic (exact) mass is 199 g/mol. The fraction of sp³-hybridized carbons (Fsp3) is 1.00. The summed E-state index contributed by atoms with van der Waals surface area (Å²) in [4.78, 5) is 4.87. The van der Waals surface area contributed by atoms with Crippen molar-refractivity contribution in [1.29, 1.82) is 0 Å². The molecule has 0 aromatic heterocycles. The lowest BCUT2D eigenvalue weighted by Gasteiger charge is -2.33. The Bertz CT molecular complexity index is 165. The molecular weight excluding hydrogens is 178 g/mol. The van der Waals surface area contributed by atoms with Crippen LogP contribution in [-0.4, -0.2) is 75.4 Å². The molecule has 14 heavy (non-hydrogen) atoms. The molecule has 4 heteroatoms. The lowest BCUT2D eigenvalue weighted by Crippen LogP contribution is -2.50. The molecule has 2 saturated heterocycles. The topological polar surface area (TPSA) is 27.7 Å². The van der Waals surface area contributed by atoms with E-state index in [2.05, 4.69) is 22.2 Å². The molecule has 0 spiro atoms. The number of hydrogen-bond donors (Lipinski definition) is 1. The quantitative estimate of drug-likeness (QED) is 0.643. The number of piperazine rings is 1. The molecule has 0 atom stereocenters. The van der Waals surface area contributed by atoms with Crippen molar-refractivity contribution in [1.82, 2.24) is 15.1 Å². The molecule has 0 aromatic rings. The van der Waals surface area contributed by atoms with Gasteiger partial charge in [-0.05, 0) is 7.05 Å². The minimum atomic E-state index is 0.488. The first-order valence-corrected chi connectivity index (χ1v) is 5.58.